The van der Waals surface area contributed by atoms with E-state index < -0.39 is 53.7 Å². The van der Waals surface area contributed by atoms with Gasteiger partial charge in [0.1, 0.15) is 18.1 Å². The number of carbonyl (C=O) groups is 4. The van der Waals surface area contributed by atoms with Crippen LogP contribution in [0, 0.1) is 0 Å². The molecule has 230 valence electrons. The third kappa shape index (κ3) is 7.97. The summed E-state index contributed by atoms with van der Waals surface area (Å²) in [5, 5.41) is 0. The van der Waals surface area contributed by atoms with Crippen molar-refractivity contribution >= 4 is 35.6 Å². The molecule has 1 aliphatic heterocycles. The van der Waals surface area contributed by atoms with E-state index in [2.05, 4.69) is 0 Å². The summed E-state index contributed by atoms with van der Waals surface area (Å²) in [5.41, 5.74) is 0.156. The lowest BCUT2D eigenvalue weighted by atomic mass is 9.98. The maximum Gasteiger partial charge on any atom is 0.338 e. The van der Waals surface area contributed by atoms with E-state index in [0.717, 1.165) is 0 Å². The SMILES string of the molecule is CSC1O[C@H](COC(=O)c2ccccc2)C(OC(=O)c2ccccc2)C(OC(=O)c2ccccc2)[C@H]1OC(=O)c1ccccc1. The minimum absolute atomic E-state index is 0.232. The van der Waals surface area contributed by atoms with Crippen LogP contribution in [0.5, 0.6) is 0 Å². The molecule has 9 nitrogen and oxygen atoms in total. The Kier molecular flexibility index (Phi) is 10.6. The summed E-state index contributed by atoms with van der Waals surface area (Å²) in [6.07, 6.45) is -3.26. The Morgan fingerprint density at radius 1 is 0.533 bits per heavy atom. The molecule has 4 aromatic rings. The fraction of sp³-hybridized carbons (Fsp3) is 0.200. The molecule has 0 N–H and O–H groups in total. The van der Waals surface area contributed by atoms with E-state index in [9.17, 15) is 19.2 Å². The molecule has 1 aliphatic rings. The molecule has 10 heteroatoms. The highest BCUT2D eigenvalue weighted by molar-refractivity contribution is 7.99. The number of ether oxygens (including phenoxy) is 5. The van der Waals surface area contributed by atoms with Gasteiger partial charge >= 0.3 is 23.9 Å². The van der Waals surface area contributed by atoms with Crippen molar-refractivity contribution in [1.29, 1.82) is 0 Å². The van der Waals surface area contributed by atoms with Crippen molar-refractivity contribution in [1.82, 2.24) is 0 Å². The number of hydrogen-bond acceptors (Lipinski definition) is 10. The van der Waals surface area contributed by atoms with E-state index in [1.807, 2.05) is 0 Å². The van der Waals surface area contributed by atoms with Crippen LogP contribution in [0.3, 0.4) is 0 Å². The first-order valence-electron chi connectivity index (χ1n) is 14.1. The summed E-state index contributed by atoms with van der Waals surface area (Å²) in [4.78, 5) is 52.9. The molecular weight excluding hydrogens is 596 g/mol. The molecular formula is C35H30O9S. The van der Waals surface area contributed by atoms with Crippen LogP contribution in [0.2, 0.25) is 0 Å². The lowest BCUT2D eigenvalue weighted by Gasteiger charge is -2.44. The van der Waals surface area contributed by atoms with Crippen LogP contribution in [0.4, 0.5) is 0 Å². The maximum absolute atomic E-state index is 13.4. The molecule has 5 atom stereocenters. The quantitative estimate of drug-likeness (QED) is 0.163. The van der Waals surface area contributed by atoms with Crippen LogP contribution in [-0.2, 0) is 23.7 Å². The second-order valence-corrected chi connectivity index (χ2v) is 10.9. The standard InChI is InChI=1S/C35H30O9S/c1-45-35-30(44-34(39)26-20-12-5-13-21-26)29(43-33(38)25-18-10-4-11-19-25)28(42-32(37)24-16-8-3-9-17-24)27(41-35)22-40-31(36)23-14-6-2-7-15-23/h2-21,27-30,35H,22H2,1H3/t27-,28?,29?,30-,35?/m1/s1. The molecule has 3 unspecified atom stereocenters. The first-order valence-corrected chi connectivity index (χ1v) is 15.4. The van der Waals surface area contributed by atoms with E-state index in [4.69, 9.17) is 23.7 Å². The zero-order valence-corrected chi connectivity index (χ0v) is 25.0. The third-order valence-corrected chi connectivity index (χ3v) is 7.81. The molecule has 45 heavy (non-hydrogen) atoms. The number of thioether (sulfide) groups is 1. The first kappa shape index (κ1) is 31.5. The zero-order chi connectivity index (χ0) is 31.6. The minimum atomic E-state index is -1.34. The summed E-state index contributed by atoms with van der Waals surface area (Å²) < 4.78 is 29.8. The van der Waals surface area contributed by atoms with Gasteiger partial charge in [-0.3, -0.25) is 0 Å². The van der Waals surface area contributed by atoms with E-state index in [-0.39, 0.29) is 23.3 Å². The molecule has 1 fully saturated rings. The van der Waals surface area contributed by atoms with Gasteiger partial charge in [0, 0.05) is 0 Å². The van der Waals surface area contributed by atoms with Gasteiger partial charge in [0.2, 0.25) is 0 Å². The second kappa shape index (κ2) is 15.2. The summed E-state index contributed by atoms with van der Waals surface area (Å²) in [5.74, 6) is -2.78. The van der Waals surface area contributed by atoms with Crippen molar-refractivity contribution in [3.8, 4) is 0 Å². The van der Waals surface area contributed by atoms with Gasteiger partial charge in [0.05, 0.1) is 22.3 Å². The van der Waals surface area contributed by atoms with Crippen molar-refractivity contribution in [2.24, 2.45) is 0 Å². The molecule has 1 heterocycles. The summed E-state index contributed by atoms with van der Waals surface area (Å²) >= 11 is 1.20. The molecule has 4 aromatic carbocycles. The van der Waals surface area contributed by atoms with Crippen molar-refractivity contribution in [2.45, 2.75) is 29.9 Å². The smallest absolute Gasteiger partial charge is 0.338 e. The number of carbonyl (C=O) groups excluding carboxylic acids is 4. The highest BCUT2D eigenvalue weighted by Gasteiger charge is 2.53. The summed E-state index contributed by atoms with van der Waals surface area (Å²) in [6.45, 7) is -0.351. The Labute approximate surface area is 264 Å². The third-order valence-electron chi connectivity index (χ3n) is 6.97. The van der Waals surface area contributed by atoms with Crippen molar-refractivity contribution in [3.63, 3.8) is 0 Å². The van der Waals surface area contributed by atoms with Gasteiger partial charge in [-0.05, 0) is 54.8 Å². The van der Waals surface area contributed by atoms with Crippen molar-refractivity contribution in [3.05, 3.63) is 144 Å². The van der Waals surface area contributed by atoms with E-state index >= 15 is 0 Å². The van der Waals surface area contributed by atoms with Gasteiger partial charge in [-0.25, -0.2) is 19.2 Å². The van der Waals surface area contributed by atoms with Crippen LogP contribution in [0.1, 0.15) is 41.4 Å². The molecule has 0 saturated carbocycles. The van der Waals surface area contributed by atoms with Gasteiger partial charge in [0.15, 0.2) is 18.3 Å². The van der Waals surface area contributed by atoms with Gasteiger partial charge < -0.3 is 23.7 Å². The number of esters is 4. The normalized spacial score (nSPS) is 20.8. The minimum Gasteiger partial charge on any atom is -0.459 e. The second-order valence-electron chi connectivity index (χ2n) is 9.95. The van der Waals surface area contributed by atoms with E-state index in [0.29, 0.717) is 5.56 Å². The average molecular weight is 627 g/mol. The Hall–Kier alpha value is -4.93. The molecule has 0 bridgehead atoms. The fourth-order valence-corrected chi connectivity index (χ4v) is 5.45. The molecule has 1 saturated heterocycles. The zero-order valence-electron chi connectivity index (χ0n) is 24.2. The molecule has 0 aromatic heterocycles. The van der Waals surface area contributed by atoms with Crippen LogP contribution in [-0.4, -0.2) is 66.6 Å². The average Bonchev–Trinajstić information content (AvgIpc) is 3.10. The Morgan fingerprint density at radius 3 is 1.29 bits per heavy atom. The monoisotopic (exact) mass is 626 g/mol. The van der Waals surface area contributed by atoms with Gasteiger partial charge in [-0.1, -0.05) is 72.8 Å². The Bertz CT molecular complexity index is 1580. The van der Waals surface area contributed by atoms with Crippen molar-refractivity contribution in [2.75, 3.05) is 12.9 Å². The molecule has 0 spiro atoms. The Balaban J connectivity index is 1.50. The highest BCUT2D eigenvalue weighted by Crippen LogP contribution is 2.34. The largest absolute Gasteiger partial charge is 0.459 e. The Morgan fingerprint density at radius 2 is 0.889 bits per heavy atom. The summed E-state index contributed by atoms with van der Waals surface area (Å²) in [7, 11) is 0. The van der Waals surface area contributed by atoms with Crippen LogP contribution in [0.15, 0.2) is 121 Å². The topological polar surface area (TPSA) is 114 Å². The molecule has 0 aliphatic carbocycles. The molecule has 5 rings (SSSR count). The number of rotatable bonds is 10. The lowest BCUT2D eigenvalue weighted by molar-refractivity contribution is -0.207. The fourth-order valence-electron chi connectivity index (χ4n) is 4.72. The van der Waals surface area contributed by atoms with E-state index in [1.54, 1.807) is 128 Å². The first-order chi connectivity index (χ1) is 21.9. The number of benzene rings is 4. The van der Waals surface area contributed by atoms with Crippen molar-refractivity contribution < 1.29 is 42.9 Å². The van der Waals surface area contributed by atoms with Crippen LogP contribution >= 0.6 is 11.8 Å². The molecule has 0 radical (unpaired) electrons. The number of hydrogen-bond donors (Lipinski definition) is 0. The maximum atomic E-state index is 13.4. The predicted molar refractivity (Wildman–Crippen MR) is 166 cm³/mol. The van der Waals surface area contributed by atoms with Gasteiger partial charge in [0.25, 0.3) is 0 Å². The lowest BCUT2D eigenvalue weighted by Crippen LogP contribution is -2.61. The van der Waals surface area contributed by atoms with Crippen LogP contribution in [0.25, 0.3) is 0 Å². The van der Waals surface area contributed by atoms with Gasteiger partial charge in [-0.15, -0.1) is 11.8 Å². The van der Waals surface area contributed by atoms with E-state index in [1.165, 1.54) is 11.8 Å². The highest BCUT2D eigenvalue weighted by atomic mass is 32.2. The predicted octanol–water partition coefficient (Wildman–Crippen LogP) is 5.61. The summed E-state index contributed by atoms with van der Waals surface area (Å²) in [6, 6.07) is 33.2. The van der Waals surface area contributed by atoms with Crippen LogP contribution < -0.4 is 0 Å². The molecule has 0 amide bonds. The van der Waals surface area contributed by atoms with Gasteiger partial charge in [-0.2, -0.15) is 0 Å².